The van der Waals surface area contributed by atoms with Crippen molar-refractivity contribution in [2.75, 3.05) is 26.7 Å². The van der Waals surface area contributed by atoms with Crippen LogP contribution in [-0.2, 0) is 13.0 Å². The highest BCUT2D eigenvalue weighted by Crippen LogP contribution is 2.21. The van der Waals surface area contributed by atoms with Crippen LogP contribution in [0, 0.1) is 0 Å². The maximum atomic E-state index is 5.92. The van der Waals surface area contributed by atoms with Gasteiger partial charge in [0.25, 0.3) is 0 Å². The Morgan fingerprint density at radius 2 is 2.07 bits per heavy atom. The molecule has 146 valence electrons. The lowest BCUT2D eigenvalue weighted by molar-refractivity contribution is 0.190. The number of benzene rings is 2. The molecule has 1 aliphatic rings. The highest BCUT2D eigenvalue weighted by molar-refractivity contribution is 6.30. The normalized spacial score (nSPS) is 17.6. The van der Waals surface area contributed by atoms with E-state index in [4.69, 9.17) is 20.9 Å². The summed E-state index contributed by atoms with van der Waals surface area (Å²) in [6.45, 7) is 3.29. The Hall–Kier alpha value is -2.41. The van der Waals surface area contributed by atoms with E-state index >= 15 is 0 Å². The first-order chi connectivity index (χ1) is 13.7. The molecule has 28 heavy (non-hydrogen) atoms. The molecule has 1 aromatic heterocycles. The fourth-order valence-corrected chi connectivity index (χ4v) is 3.36. The molecule has 1 atom stereocenters. The van der Waals surface area contributed by atoms with Gasteiger partial charge in [0.05, 0.1) is 12.5 Å². The van der Waals surface area contributed by atoms with E-state index in [1.54, 1.807) is 0 Å². The molecule has 1 saturated heterocycles. The van der Waals surface area contributed by atoms with Crippen molar-refractivity contribution < 1.29 is 9.26 Å². The SMILES string of the molecule is CN1CCNCC1c1noc(Cc2cccc(OCc3ccc(Cl)cc3)c2)n1. The van der Waals surface area contributed by atoms with Gasteiger partial charge in [-0.15, -0.1) is 0 Å². The van der Waals surface area contributed by atoms with E-state index in [1.165, 1.54) is 0 Å². The van der Waals surface area contributed by atoms with Crippen LogP contribution in [0.2, 0.25) is 5.02 Å². The maximum Gasteiger partial charge on any atom is 0.231 e. The summed E-state index contributed by atoms with van der Waals surface area (Å²) < 4.78 is 11.4. The largest absolute Gasteiger partial charge is 0.489 e. The van der Waals surface area contributed by atoms with Gasteiger partial charge in [-0.25, -0.2) is 0 Å². The Morgan fingerprint density at radius 1 is 1.21 bits per heavy atom. The maximum absolute atomic E-state index is 5.92. The van der Waals surface area contributed by atoms with Gasteiger partial charge in [0, 0.05) is 24.7 Å². The van der Waals surface area contributed by atoms with Gasteiger partial charge in [0.15, 0.2) is 5.82 Å². The van der Waals surface area contributed by atoms with E-state index in [0.717, 1.165) is 47.4 Å². The fraction of sp³-hybridized carbons (Fsp3) is 0.333. The van der Waals surface area contributed by atoms with Crippen molar-refractivity contribution in [3.63, 3.8) is 0 Å². The van der Waals surface area contributed by atoms with E-state index in [0.29, 0.717) is 18.9 Å². The summed E-state index contributed by atoms with van der Waals surface area (Å²) in [7, 11) is 2.09. The second kappa shape index (κ2) is 8.73. The van der Waals surface area contributed by atoms with E-state index in [1.807, 2.05) is 48.5 Å². The third-order valence-electron chi connectivity index (χ3n) is 4.87. The zero-order valence-electron chi connectivity index (χ0n) is 15.8. The lowest BCUT2D eigenvalue weighted by Gasteiger charge is -2.30. The van der Waals surface area contributed by atoms with Crippen LogP contribution in [0.1, 0.15) is 28.9 Å². The molecule has 0 aliphatic carbocycles. The minimum Gasteiger partial charge on any atom is -0.489 e. The van der Waals surface area contributed by atoms with Crippen LogP contribution in [0.25, 0.3) is 0 Å². The fourth-order valence-electron chi connectivity index (χ4n) is 3.24. The molecule has 0 bridgehead atoms. The van der Waals surface area contributed by atoms with Crippen molar-refractivity contribution in [1.29, 1.82) is 0 Å². The van der Waals surface area contributed by atoms with Crippen molar-refractivity contribution in [1.82, 2.24) is 20.4 Å². The summed E-state index contributed by atoms with van der Waals surface area (Å²) in [5.41, 5.74) is 2.14. The van der Waals surface area contributed by atoms with E-state index in [9.17, 15) is 0 Å². The Kier molecular flexibility index (Phi) is 5.90. The number of likely N-dealkylation sites (N-methyl/N-ethyl adjacent to an activating group) is 1. The quantitative estimate of drug-likeness (QED) is 0.686. The van der Waals surface area contributed by atoms with Crippen LogP contribution in [0.5, 0.6) is 5.75 Å². The Bertz CT molecular complexity index is 913. The van der Waals surface area contributed by atoms with Crippen molar-refractivity contribution in [2.45, 2.75) is 19.1 Å². The summed E-state index contributed by atoms with van der Waals surface area (Å²) in [5.74, 6) is 2.16. The summed E-state index contributed by atoms with van der Waals surface area (Å²) in [4.78, 5) is 6.84. The van der Waals surface area contributed by atoms with Crippen molar-refractivity contribution in [2.24, 2.45) is 0 Å². The number of hydrogen-bond acceptors (Lipinski definition) is 6. The summed E-state index contributed by atoms with van der Waals surface area (Å²) in [6.07, 6.45) is 0.578. The predicted molar refractivity (Wildman–Crippen MR) is 108 cm³/mol. The molecule has 1 N–H and O–H groups in total. The molecule has 1 fully saturated rings. The average Bonchev–Trinajstić information content (AvgIpc) is 3.16. The van der Waals surface area contributed by atoms with Crippen LogP contribution >= 0.6 is 11.6 Å². The number of piperazine rings is 1. The van der Waals surface area contributed by atoms with Gasteiger partial charge < -0.3 is 14.6 Å². The molecular weight excluding hydrogens is 376 g/mol. The number of ether oxygens (including phenoxy) is 1. The number of hydrogen-bond donors (Lipinski definition) is 1. The van der Waals surface area contributed by atoms with Crippen molar-refractivity contribution >= 4 is 11.6 Å². The van der Waals surface area contributed by atoms with Gasteiger partial charge in [-0.1, -0.05) is 41.0 Å². The molecule has 7 heteroatoms. The first-order valence-corrected chi connectivity index (χ1v) is 9.75. The molecule has 0 radical (unpaired) electrons. The van der Waals surface area contributed by atoms with Crippen LogP contribution in [0.15, 0.2) is 53.1 Å². The van der Waals surface area contributed by atoms with Crippen LogP contribution < -0.4 is 10.1 Å². The Balaban J connectivity index is 1.38. The van der Waals surface area contributed by atoms with Crippen molar-refractivity contribution in [3.05, 3.63) is 76.4 Å². The molecule has 0 saturated carbocycles. The zero-order chi connectivity index (χ0) is 19.3. The Morgan fingerprint density at radius 3 is 2.89 bits per heavy atom. The molecule has 1 unspecified atom stereocenters. The van der Waals surface area contributed by atoms with Gasteiger partial charge in [-0.05, 0) is 42.4 Å². The number of halogens is 1. The van der Waals surface area contributed by atoms with Gasteiger partial charge in [0.1, 0.15) is 12.4 Å². The molecule has 2 aromatic carbocycles. The number of nitrogens with one attached hydrogen (secondary N) is 1. The standard InChI is InChI=1S/C21H23ClN4O2/c1-26-10-9-23-13-19(26)21-24-20(28-25-21)12-16-3-2-4-18(11-16)27-14-15-5-7-17(22)8-6-15/h2-8,11,19,23H,9-10,12-14H2,1H3. The molecule has 0 amide bonds. The smallest absolute Gasteiger partial charge is 0.231 e. The third kappa shape index (κ3) is 4.70. The minimum absolute atomic E-state index is 0.153. The number of rotatable bonds is 6. The first kappa shape index (κ1) is 18.9. The third-order valence-corrected chi connectivity index (χ3v) is 5.12. The van der Waals surface area contributed by atoms with Crippen LogP contribution in [-0.4, -0.2) is 41.7 Å². The van der Waals surface area contributed by atoms with Gasteiger partial charge >= 0.3 is 0 Å². The van der Waals surface area contributed by atoms with Crippen LogP contribution in [0.4, 0.5) is 0 Å². The van der Waals surface area contributed by atoms with Gasteiger partial charge in [0.2, 0.25) is 5.89 Å². The number of aromatic nitrogens is 2. The highest BCUT2D eigenvalue weighted by atomic mass is 35.5. The summed E-state index contributed by atoms with van der Waals surface area (Å²) in [5, 5.41) is 8.28. The molecule has 4 rings (SSSR count). The van der Waals surface area contributed by atoms with Crippen molar-refractivity contribution in [3.8, 4) is 5.75 Å². The van der Waals surface area contributed by atoms with Gasteiger partial charge in [-0.3, -0.25) is 4.90 Å². The summed E-state index contributed by atoms with van der Waals surface area (Å²) >= 11 is 5.92. The first-order valence-electron chi connectivity index (χ1n) is 9.37. The minimum atomic E-state index is 0.153. The summed E-state index contributed by atoms with van der Waals surface area (Å²) in [6, 6.07) is 15.8. The molecular formula is C21H23ClN4O2. The Labute approximate surface area is 169 Å². The number of nitrogens with zero attached hydrogens (tertiary/aromatic N) is 3. The molecule has 3 aromatic rings. The van der Waals surface area contributed by atoms with Crippen LogP contribution in [0.3, 0.4) is 0 Å². The molecule has 0 spiro atoms. The second-order valence-corrected chi connectivity index (χ2v) is 7.42. The average molecular weight is 399 g/mol. The highest BCUT2D eigenvalue weighted by Gasteiger charge is 2.25. The molecule has 1 aliphatic heterocycles. The van der Waals surface area contributed by atoms with E-state index in [2.05, 4.69) is 27.4 Å². The van der Waals surface area contributed by atoms with Gasteiger partial charge in [-0.2, -0.15) is 4.98 Å². The topological polar surface area (TPSA) is 63.4 Å². The van der Waals surface area contributed by atoms with E-state index < -0.39 is 0 Å². The lowest BCUT2D eigenvalue weighted by atomic mass is 10.1. The zero-order valence-corrected chi connectivity index (χ0v) is 16.5. The monoisotopic (exact) mass is 398 g/mol. The second-order valence-electron chi connectivity index (χ2n) is 6.99. The lowest BCUT2D eigenvalue weighted by Crippen LogP contribution is -2.44. The van der Waals surface area contributed by atoms with E-state index in [-0.39, 0.29) is 6.04 Å². The predicted octanol–water partition coefficient (Wildman–Crippen LogP) is 3.47. The molecule has 2 heterocycles. The molecule has 6 nitrogen and oxygen atoms in total.